The van der Waals surface area contributed by atoms with Crippen LogP contribution in [0.5, 0.6) is 5.75 Å². The molecule has 0 saturated carbocycles. The van der Waals surface area contributed by atoms with Gasteiger partial charge in [-0.2, -0.15) is 0 Å². The van der Waals surface area contributed by atoms with Gasteiger partial charge in [0.15, 0.2) is 11.6 Å². The zero-order valence-electron chi connectivity index (χ0n) is 18.2. The topological polar surface area (TPSA) is 109 Å². The third-order valence-electron chi connectivity index (χ3n) is 5.24. The van der Waals surface area contributed by atoms with E-state index >= 15 is 0 Å². The average molecular weight is 459 g/mol. The molecular formula is C26H17N7O2. The van der Waals surface area contributed by atoms with Crippen molar-refractivity contribution in [1.82, 2.24) is 14.5 Å². The molecule has 2 aromatic heterocycles. The van der Waals surface area contributed by atoms with Crippen molar-refractivity contribution in [2.24, 2.45) is 10.2 Å². The second kappa shape index (κ2) is 9.25. The van der Waals surface area contributed by atoms with Gasteiger partial charge in [-0.1, -0.05) is 42.5 Å². The van der Waals surface area contributed by atoms with Gasteiger partial charge in [-0.25, -0.2) is 14.8 Å². The van der Waals surface area contributed by atoms with E-state index in [1.807, 2.05) is 18.2 Å². The van der Waals surface area contributed by atoms with Crippen LogP contribution in [0.4, 0.5) is 22.9 Å². The minimum Gasteiger partial charge on any atom is -0.505 e. The Balaban J connectivity index is 1.60. The van der Waals surface area contributed by atoms with E-state index in [2.05, 4.69) is 30.4 Å². The van der Waals surface area contributed by atoms with E-state index in [1.54, 1.807) is 73.2 Å². The van der Waals surface area contributed by atoms with Gasteiger partial charge in [0.05, 0.1) is 12.1 Å². The lowest BCUT2D eigenvalue weighted by Crippen LogP contribution is -2.12. The van der Waals surface area contributed by atoms with Gasteiger partial charge in [-0.15, -0.1) is 10.2 Å². The molecule has 3 aromatic carbocycles. The SMILES string of the molecule is [C-]#[N+]c1ccn(-c2ncccn2)c1N=Nc1cc2ccccc2c(C(=O)Nc2ccccc2)c1O. The summed E-state index contributed by atoms with van der Waals surface area (Å²) in [6.07, 6.45) is 4.77. The van der Waals surface area contributed by atoms with Crippen LogP contribution < -0.4 is 5.32 Å². The van der Waals surface area contributed by atoms with Crippen molar-refractivity contribution in [3.05, 3.63) is 108 Å². The van der Waals surface area contributed by atoms with Gasteiger partial charge in [-0.3, -0.25) is 9.36 Å². The van der Waals surface area contributed by atoms with Crippen LogP contribution in [0.2, 0.25) is 0 Å². The maximum Gasteiger partial charge on any atom is 0.260 e. The molecule has 2 heterocycles. The number of nitrogens with one attached hydrogen (secondary N) is 1. The Bertz CT molecular complexity index is 1600. The molecule has 0 aliphatic rings. The number of fused-ring (bicyclic) bond motifs is 1. The predicted octanol–water partition coefficient (Wildman–Crippen LogP) is 6.34. The Morgan fingerprint density at radius 3 is 2.49 bits per heavy atom. The van der Waals surface area contributed by atoms with Crippen LogP contribution >= 0.6 is 0 Å². The number of carbonyl (C=O) groups excluding carboxylic acids is 1. The Labute approximate surface area is 199 Å². The van der Waals surface area contributed by atoms with Gasteiger partial charge in [0.25, 0.3) is 5.91 Å². The zero-order valence-corrected chi connectivity index (χ0v) is 18.2. The predicted molar refractivity (Wildman–Crippen MR) is 132 cm³/mol. The van der Waals surface area contributed by atoms with Crippen molar-refractivity contribution in [2.75, 3.05) is 5.32 Å². The van der Waals surface area contributed by atoms with Crippen molar-refractivity contribution >= 4 is 39.6 Å². The number of nitrogens with zero attached hydrogens (tertiary/aromatic N) is 6. The third kappa shape index (κ3) is 4.19. The number of anilines is 1. The average Bonchev–Trinajstić information content (AvgIpc) is 3.31. The van der Waals surface area contributed by atoms with Crippen LogP contribution in [0.25, 0.3) is 21.6 Å². The molecule has 5 aromatic rings. The van der Waals surface area contributed by atoms with Crippen LogP contribution in [0.1, 0.15) is 10.4 Å². The highest BCUT2D eigenvalue weighted by molar-refractivity contribution is 6.16. The number of azo groups is 1. The Morgan fingerprint density at radius 2 is 1.71 bits per heavy atom. The standard InChI is InChI=1S/C26H17N7O2/c1-27-20-12-15-33(26-28-13-7-14-29-26)24(20)32-31-21-16-17-8-5-6-11-19(17)22(23(21)34)25(35)30-18-9-3-2-4-10-18/h2-16,34H,(H,30,35). The first-order chi connectivity index (χ1) is 17.2. The number of amides is 1. The van der Waals surface area contributed by atoms with Gasteiger partial charge in [0, 0.05) is 24.3 Å². The molecule has 0 radical (unpaired) electrons. The van der Waals surface area contributed by atoms with Gasteiger partial charge < -0.3 is 10.4 Å². The summed E-state index contributed by atoms with van der Waals surface area (Å²) in [5, 5.41) is 23.6. The number of rotatable bonds is 5. The first kappa shape index (κ1) is 21.5. The Hall–Kier alpha value is -5.36. The Kier molecular flexibility index (Phi) is 5.68. The molecule has 0 atom stereocenters. The molecule has 168 valence electrons. The van der Waals surface area contributed by atoms with E-state index in [-0.39, 0.29) is 28.5 Å². The maximum absolute atomic E-state index is 13.2. The summed E-state index contributed by atoms with van der Waals surface area (Å²) in [5.74, 6) is -0.278. The molecule has 0 aliphatic heterocycles. The number of benzene rings is 3. The minimum atomic E-state index is -0.482. The molecule has 0 aliphatic carbocycles. The lowest BCUT2D eigenvalue weighted by atomic mass is 10.0. The van der Waals surface area contributed by atoms with E-state index in [9.17, 15) is 9.90 Å². The van der Waals surface area contributed by atoms with Crippen LogP contribution in [-0.2, 0) is 0 Å². The second-order valence-electron chi connectivity index (χ2n) is 7.42. The third-order valence-corrected chi connectivity index (χ3v) is 5.24. The van der Waals surface area contributed by atoms with Crippen molar-refractivity contribution in [3.63, 3.8) is 0 Å². The summed E-state index contributed by atoms with van der Waals surface area (Å²) in [6.45, 7) is 7.46. The number of phenolic OH excluding ortho intramolecular Hbond substituents is 1. The smallest absolute Gasteiger partial charge is 0.260 e. The molecule has 9 nitrogen and oxygen atoms in total. The van der Waals surface area contributed by atoms with Crippen molar-refractivity contribution in [3.8, 4) is 11.7 Å². The molecule has 0 fully saturated rings. The molecule has 0 bridgehead atoms. The van der Waals surface area contributed by atoms with Crippen LogP contribution in [0, 0.1) is 6.57 Å². The van der Waals surface area contributed by atoms with Crippen LogP contribution in [0.15, 0.2) is 102 Å². The van der Waals surface area contributed by atoms with Gasteiger partial charge >= 0.3 is 0 Å². The number of phenols is 1. The lowest BCUT2D eigenvalue weighted by molar-refractivity contribution is 0.102. The Morgan fingerprint density at radius 1 is 0.971 bits per heavy atom. The molecule has 35 heavy (non-hydrogen) atoms. The fourth-order valence-corrected chi connectivity index (χ4v) is 3.62. The normalized spacial score (nSPS) is 10.9. The molecular weight excluding hydrogens is 442 g/mol. The second-order valence-corrected chi connectivity index (χ2v) is 7.42. The number of para-hydroxylation sites is 1. The summed E-state index contributed by atoms with van der Waals surface area (Å²) in [6, 6.07) is 21.1. The van der Waals surface area contributed by atoms with Crippen molar-refractivity contribution in [1.29, 1.82) is 0 Å². The summed E-state index contributed by atoms with van der Waals surface area (Å²) in [7, 11) is 0. The largest absolute Gasteiger partial charge is 0.505 e. The zero-order chi connectivity index (χ0) is 24.2. The summed E-state index contributed by atoms with van der Waals surface area (Å²) in [5.41, 5.74) is 0.992. The molecule has 5 rings (SSSR count). The van der Waals surface area contributed by atoms with E-state index in [0.717, 1.165) is 0 Å². The highest BCUT2D eigenvalue weighted by atomic mass is 16.3. The molecule has 1 amide bonds. The fourth-order valence-electron chi connectivity index (χ4n) is 3.62. The van der Waals surface area contributed by atoms with Crippen molar-refractivity contribution < 1.29 is 9.90 Å². The molecule has 0 spiro atoms. The summed E-state index contributed by atoms with van der Waals surface area (Å²) >= 11 is 0. The van der Waals surface area contributed by atoms with Gasteiger partial charge in [0.1, 0.15) is 5.69 Å². The van der Waals surface area contributed by atoms with Gasteiger partial charge in [-0.05, 0) is 41.1 Å². The number of carbonyl (C=O) groups is 1. The van der Waals surface area contributed by atoms with E-state index in [1.165, 1.54) is 4.57 Å². The molecule has 0 saturated heterocycles. The first-order valence-corrected chi connectivity index (χ1v) is 10.5. The number of aromatic nitrogens is 3. The molecule has 0 unspecified atom stereocenters. The fraction of sp³-hybridized carbons (Fsp3) is 0. The number of hydrogen-bond donors (Lipinski definition) is 2. The van der Waals surface area contributed by atoms with E-state index in [0.29, 0.717) is 22.4 Å². The van der Waals surface area contributed by atoms with E-state index < -0.39 is 5.91 Å². The van der Waals surface area contributed by atoms with E-state index in [4.69, 9.17) is 6.57 Å². The minimum absolute atomic E-state index is 0.0769. The lowest BCUT2D eigenvalue weighted by Gasteiger charge is -2.12. The highest BCUT2D eigenvalue weighted by Gasteiger charge is 2.20. The quantitative estimate of drug-likeness (QED) is 0.236. The first-order valence-electron chi connectivity index (χ1n) is 10.5. The summed E-state index contributed by atoms with van der Waals surface area (Å²) < 4.78 is 1.53. The van der Waals surface area contributed by atoms with Crippen LogP contribution in [-0.4, -0.2) is 25.5 Å². The number of hydrogen-bond acceptors (Lipinski definition) is 6. The van der Waals surface area contributed by atoms with Gasteiger partial charge in [0.2, 0.25) is 11.6 Å². The maximum atomic E-state index is 13.2. The van der Waals surface area contributed by atoms with Crippen LogP contribution in [0.3, 0.4) is 0 Å². The number of aromatic hydroxyl groups is 1. The summed E-state index contributed by atoms with van der Waals surface area (Å²) in [4.78, 5) is 25.0. The van der Waals surface area contributed by atoms with Crippen molar-refractivity contribution in [2.45, 2.75) is 0 Å². The highest BCUT2D eigenvalue weighted by Crippen LogP contribution is 2.39. The monoisotopic (exact) mass is 459 g/mol. The molecule has 2 N–H and O–H groups in total. The molecule has 9 heteroatoms.